The van der Waals surface area contributed by atoms with Crippen molar-refractivity contribution < 1.29 is 5.11 Å². The van der Waals surface area contributed by atoms with Crippen molar-refractivity contribution in [2.45, 2.75) is 19.0 Å². The summed E-state index contributed by atoms with van der Waals surface area (Å²) in [7, 11) is 0. The number of aliphatic hydroxyl groups excluding tert-OH is 1. The van der Waals surface area contributed by atoms with E-state index in [1.165, 1.54) is 11.5 Å². The van der Waals surface area contributed by atoms with Crippen LogP contribution in [0.1, 0.15) is 12.1 Å². The van der Waals surface area contributed by atoms with E-state index in [2.05, 4.69) is 21.2 Å². The van der Waals surface area contributed by atoms with E-state index in [0.717, 1.165) is 17.9 Å². The SMILES string of the molecule is CSCCC(CO)NCc1csnn1. The van der Waals surface area contributed by atoms with Crippen LogP contribution in [0.15, 0.2) is 5.38 Å². The Morgan fingerprint density at radius 3 is 3.14 bits per heavy atom. The highest BCUT2D eigenvalue weighted by Crippen LogP contribution is 2.02. The van der Waals surface area contributed by atoms with Crippen LogP contribution in [-0.4, -0.2) is 39.4 Å². The molecule has 0 bridgehead atoms. The smallest absolute Gasteiger partial charge is 0.0893 e. The summed E-state index contributed by atoms with van der Waals surface area (Å²) in [6.07, 6.45) is 3.05. The number of hydrogen-bond acceptors (Lipinski definition) is 6. The van der Waals surface area contributed by atoms with Crippen molar-refractivity contribution in [3.8, 4) is 0 Å². The minimum absolute atomic E-state index is 0.171. The Hall–Kier alpha value is -0.170. The summed E-state index contributed by atoms with van der Waals surface area (Å²) < 4.78 is 3.77. The Kier molecular flexibility index (Phi) is 6.09. The fourth-order valence-electron chi connectivity index (χ4n) is 1.03. The highest BCUT2D eigenvalue weighted by atomic mass is 32.2. The van der Waals surface area contributed by atoms with E-state index in [4.69, 9.17) is 5.11 Å². The molecule has 4 nitrogen and oxygen atoms in total. The van der Waals surface area contributed by atoms with Crippen LogP contribution in [0.5, 0.6) is 0 Å². The van der Waals surface area contributed by atoms with Crippen molar-refractivity contribution >= 4 is 23.3 Å². The molecule has 0 aromatic carbocycles. The summed E-state index contributed by atoms with van der Waals surface area (Å²) in [4.78, 5) is 0. The second kappa shape index (κ2) is 7.17. The van der Waals surface area contributed by atoms with Crippen molar-refractivity contribution in [2.24, 2.45) is 0 Å². The lowest BCUT2D eigenvalue weighted by Gasteiger charge is -2.14. The molecule has 0 spiro atoms. The zero-order valence-electron chi connectivity index (χ0n) is 8.14. The largest absolute Gasteiger partial charge is 0.395 e. The fraction of sp³-hybridized carbons (Fsp3) is 0.750. The van der Waals surface area contributed by atoms with E-state index < -0.39 is 0 Å². The molecule has 0 amide bonds. The third-order valence-corrected chi connectivity index (χ3v) is 3.07. The maximum atomic E-state index is 9.08. The van der Waals surface area contributed by atoms with Crippen LogP contribution in [0, 0.1) is 0 Å². The van der Waals surface area contributed by atoms with Gasteiger partial charge in [0.05, 0.1) is 12.3 Å². The number of hydrogen-bond donors (Lipinski definition) is 2. The predicted molar refractivity (Wildman–Crippen MR) is 60.6 cm³/mol. The molecule has 0 fully saturated rings. The van der Waals surface area contributed by atoms with Crippen molar-refractivity contribution in [2.75, 3.05) is 18.6 Å². The Morgan fingerprint density at radius 1 is 1.71 bits per heavy atom. The highest BCUT2D eigenvalue weighted by molar-refractivity contribution is 7.98. The summed E-state index contributed by atoms with van der Waals surface area (Å²) in [6, 6.07) is 0.171. The van der Waals surface area contributed by atoms with Gasteiger partial charge in [0.25, 0.3) is 0 Å². The summed E-state index contributed by atoms with van der Waals surface area (Å²) >= 11 is 3.14. The summed E-state index contributed by atoms with van der Waals surface area (Å²) in [5, 5.41) is 18.2. The summed E-state index contributed by atoms with van der Waals surface area (Å²) in [5.41, 5.74) is 0.942. The molecule has 14 heavy (non-hydrogen) atoms. The van der Waals surface area contributed by atoms with Gasteiger partial charge in [0, 0.05) is 18.0 Å². The van der Waals surface area contributed by atoms with Crippen LogP contribution in [0.2, 0.25) is 0 Å². The van der Waals surface area contributed by atoms with Gasteiger partial charge < -0.3 is 10.4 Å². The van der Waals surface area contributed by atoms with Gasteiger partial charge in [-0.2, -0.15) is 11.8 Å². The average molecular weight is 233 g/mol. The quantitative estimate of drug-likeness (QED) is 0.727. The first-order valence-electron chi connectivity index (χ1n) is 4.46. The molecule has 6 heteroatoms. The molecule has 0 saturated carbocycles. The van der Waals surface area contributed by atoms with E-state index in [-0.39, 0.29) is 12.6 Å². The van der Waals surface area contributed by atoms with Crippen molar-refractivity contribution in [1.29, 1.82) is 0 Å². The maximum absolute atomic E-state index is 9.08. The molecule has 2 N–H and O–H groups in total. The molecule has 0 aliphatic rings. The van der Waals surface area contributed by atoms with Gasteiger partial charge >= 0.3 is 0 Å². The van der Waals surface area contributed by atoms with Crippen LogP contribution in [0.3, 0.4) is 0 Å². The van der Waals surface area contributed by atoms with E-state index in [0.29, 0.717) is 6.54 Å². The van der Waals surface area contributed by atoms with Crippen LogP contribution >= 0.6 is 23.3 Å². The molecule has 0 radical (unpaired) electrons. The topological polar surface area (TPSA) is 58.0 Å². The molecular formula is C8H15N3OS2. The van der Waals surface area contributed by atoms with E-state index in [9.17, 15) is 0 Å². The standard InChI is InChI=1S/C8H15N3OS2/c1-13-3-2-7(5-12)9-4-8-6-14-11-10-8/h6-7,9,12H,2-5H2,1H3. The maximum Gasteiger partial charge on any atom is 0.0893 e. The monoisotopic (exact) mass is 233 g/mol. The number of aliphatic hydroxyl groups is 1. The Labute approximate surface area is 92.3 Å². The van der Waals surface area contributed by atoms with Crippen molar-refractivity contribution in [3.05, 3.63) is 11.1 Å². The fourth-order valence-corrected chi connectivity index (χ4v) is 2.00. The lowest BCUT2D eigenvalue weighted by Crippen LogP contribution is -2.32. The van der Waals surface area contributed by atoms with Gasteiger partial charge in [0.15, 0.2) is 0 Å². The van der Waals surface area contributed by atoms with Gasteiger partial charge in [-0.05, 0) is 30.0 Å². The molecule has 1 heterocycles. The molecule has 1 atom stereocenters. The minimum Gasteiger partial charge on any atom is -0.395 e. The lowest BCUT2D eigenvalue weighted by molar-refractivity contribution is 0.238. The molecular weight excluding hydrogens is 218 g/mol. The molecule has 0 aliphatic heterocycles. The molecule has 0 saturated heterocycles. The van der Waals surface area contributed by atoms with E-state index in [1.54, 1.807) is 11.8 Å². The second-order valence-electron chi connectivity index (χ2n) is 2.94. The van der Waals surface area contributed by atoms with Gasteiger partial charge in [0.2, 0.25) is 0 Å². The van der Waals surface area contributed by atoms with Gasteiger partial charge in [-0.15, -0.1) is 5.10 Å². The lowest BCUT2D eigenvalue weighted by atomic mass is 10.2. The zero-order chi connectivity index (χ0) is 10.2. The number of aromatic nitrogens is 2. The number of nitrogens with one attached hydrogen (secondary N) is 1. The van der Waals surface area contributed by atoms with Crippen LogP contribution in [0.4, 0.5) is 0 Å². The molecule has 1 rings (SSSR count). The third-order valence-electron chi connectivity index (χ3n) is 1.87. The first kappa shape index (κ1) is 11.9. The van der Waals surface area contributed by atoms with Crippen LogP contribution < -0.4 is 5.32 Å². The minimum atomic E-state index is 0.171. The van der Waals surface area contributed by atoms with Crippen molar-refractivity contribution in [3.63, 3.8) is 0 Å². The molecule has 1 aromatic rings. The number of rotatable bonds is 7. The van der Waals surface area contributed by atoms with Crippen molar-refractivity contribution in [1.82, 2.24) is 14.9 Å². The summed E-state index contributed by atoms with van der Waals surface area (Å²) in [6.45, 7) is 0.869. The van der Waals surface area contributed by atoms with Crippen LogP contribution in [0.25, 0.3) is 0 Å². The average Bonchev–Trinajstić information content (AvgIpc) is 2.71. The van der Waals surface area contributed by atoms with Gasteiger partial charge in [-0.1, -0.05) is 4.49 Å². The van der Waals surface area contributed by atoms with Gasteiger partial charge in [-0.25, -0.2) is 0 Å². The predicted octanol–water partition coefficient (Wildman–Crippen LogP) is 0.742. The van der Waals surface area contributed by atoms with Gasteiger partial charge in [0.1, 0.15) is 0 Å². The number of thioether (sulfide) groups is 1. The molecule has 80 valence electrons. The highest BCUT2D eigenvalue weighted by Gasteiger charge is 2.06. The summed E-state index contributed by atoms with van der Waals surface area (Å²) in [5.74, 6) is 1.06. The molecule has 1 aromatic heterocycles. The molecule has 1 unspecified atom stereocenters. The first-order chi connectivity index (χ1) is 6.86. The third kappa shape index (κ3) is 4.36. The zero-order valence-corrected chi connectivity index (χ0v) is 9.77. The van der Waals surface area contributed by atoms with E-state index >= 15 is 0 Å². The Bertz CT molecular complexity index is 231. The number of nitrogens with zero attached hydrogens (tertiary/aromatic N) is 2. The Balaban J connectivity index is 2.20. The normalized spacial score (nSPS) is 13.0. The van der Waals surface area contributed by atoms with Gasteiger partial charge in [-0.3, -0.25) is 0 Å². The Morgan fingerprint density at radius 2 is 2.57 bits per heavy atom. The van der Waals surface area contributed by atoms with Crippen LogP contribution in [-0.2, 0) is 6.54 Å². The second-order valence-corrected chi connectivity index (χ2v) is 4.53. The molecule has 0 aliphatic carbocycles. The first-order valence-corrected chi connectivity index (χ1v) is 6.69. The van der Waals surface area contributed by atoms with E-state index in [1.807, 2.05) is 5.38 Å².